The van der Waals surface area contributed by atoms with Crippen molar-refractivity contribution in [1.29, 1.82) is 0 Å². The second kappa shape index (κ2) is 8.17. The van der Waals surface area contributed by atoms with Crippen LogP contribution in [0.25, 0.3) is 0 Å². The number of amides is 2. The van der Waals surface area contributed by atoms with E-state index in [0.717, 1.165) is 22.5 Å². The van der Waals surface area contributed by atoms with Crippen molar-refractivity contribution in [2.75, 3.05) is 16.8 Å². The molecule has 1 fully saturated rings. The average molecular weight is 379 g/mol. The molecule has 1 aliphatic heterocycles. The number of hydrogen-bond acceptors (Lipinski definition) is 2. The summed E-state index contributed by atoms with van der Waals surface area (Å²) in [5.74, 6) is 0.358. The van der Waals surface area contributed by atoms with Crippen molar-refractivity contribution in [2.45, 2.75) is 52.9 Å². The van der Waals surface area contributed by atoms with Crippen LogP contribution in [0.1, 0.15) is 62.6 Å². The monoisotopic (exact) mass is 378 g/mol. The first-order valence-electron chi connectivity index (χ1n) is 10.1. The average Bonchev–Trinajstić information content (AvgIpc) is 3.05. The maximum atomic E-state index is 12.9. The number of nitrogens with one attached hydrogen (secondary N) is 1. The van der Waals surface area contributed by atoms with Gasteiger partial charge in [0.2, 0.25) is 11.8 Å². The van der Waals surface area contributed by atoms with Crippen molar-refractivity contribution >= 4 is 23.2 Å². The number of hydrogen-bond donors (Lipinski definition) is 1. The Labute approximate surface area is 167 Å². The number of anilines is 2. The molecule has 1 saturated heterocycles. The van der Waals surface area contributed by atoms with Gasteiger partial charge in [-0.15, -0.1) is 0 Å². The zero-order chi connectivity index (χ0) is 20.4. The third-order valence-corrected chi connectivity index (χ3v) is 5.54. The van der Waals surface area contributed by atoms with Gasteiger partial charge in [0.05, 0.1) is 5.92 Å². The predicted octanol–water partition coefficient (Wildman–Crippen LogP) is 5.23. The van der Waals surface area contributed by atoms with Crippen LogP contribution in [0.5, 0.6) is 0 Å². The molecule has 2 aromatic rings. The molecule has 1 atom stereocenters. The summed E-state index contributed by atoms with van der Waals surface area (Å²) in [4.78, 5) is 27.2. The van der Waals surface area contributed by atoms with E-state index in [-0.39, 0.29) is 24.2 Å². The Hall–Kier alpha value is -2.62. The van der Waals surface area contributed by atoms with E-state index in [1.165, 1.54) is 5.56 Å². The molecule has 1 N–H and O–H groups in total. The fourth-order valence-corrected chi connectivity index (χ4v) is 3.74. The van der Waals surface area contributed by atoms with E-state index in [4.69, 9.17) is 0 Å². The number of benzene rings is 2. The molecule has 28 heavy (non-hydrogen) atoms. The van der Waals surface area contributed by atoms with Crippen LogP contribution in [-0.2, 0) is 9.59 Å². The van der Waals surface area contributed by atoms with Gasteiger partial charge in [-0.2, -0.15) is 0 Å². The molecule has 1 unspecified atom stereocenters. The van der Waals surface area contributed by atoms with Crippen LogP contribution >= 0.6 is 0 Å². The summed E-state index contributed by atoms with van der Waals surface area (Å²) in [6.45, 7) is 11.0. The van der Waals surface area contributed by atoms with Gasteiger partial charge in [-0.05, 0) is 47.6 Å². The van der Waals surface area contributed by atoms with Crippen LogP contribution in [0.15, 0.2) is 42.5 Å². The highest BCUT2D eigenvalue weighted by Crippen LogP contribution is 2.30. The molecule has 1 aliphatic rings. The molecule has 2 aromatic carbocycles. The van der Waals surface area contributed by atoms with Gasteiger partial charge in [-0.3, -0.25) is 9.59 Å². The van der Waals surface area contributed by atoms with E-state index >= 15 is 0 Å². The van der Waals surface area contributed by atoms with E-state index in [1.807, 2.05) is 31.2 Å². The van der Waals surface area contributed by atoms with Crippen molar-refractivity contribution in [3.05, 3.63) is 59.2 Å². The first-order valence-corrected chi connectivity index (χ1v) is 10.1. The van der Waals surface area contributed by atoms with Crippen LogP contribution in [0, 0.1) is 12.8 Å². The standard InChI is InChI=1S/C24H30N2O2/c1-15(2)18-9-11-20(12-10-18)26-14-19(13-22(26)27)24(28)25-23-17(5)7-6-8-21(23)16(3)4/h6-12,15-16,19H,13-14H2,1-5H3,(H,25,28). The molecule has 0 bridgehead atoms. The highest BCUT2D eigenvalue weighted by molar-refractivity contribution is 6.04. The Bertz CT molecular complexity index is 869. The van der Waals surface area contributed by atoms with Gasteiger partial charge >= 0.3 is 0 Å². The molecule has 148 valence electrons. The normalized spacial score (nSPS) is 16.9. The van der Waals surface area contributed by atoms with Crippen molar-refractivity contribution in [3.8, 4) is 0 Å². The lowest BCUT2D eigenvalue weighted by atomic mass is 9.97. The summed E-state index contributed by atoms with van der Waals surface area (Å²) >= 11 is 0. The molecule has 0 aliphatic carbocycles. The second-order valence-electron chi connectivity index (χ2n) is 8.33. The number of nitrogens with zero attached hydrogens (tertiary/aromatic N) is 1. The summed E-state index contributed by atoms with van der Waals surface area (Å²) in [6, 6.07) is 14.1. The van der Waals surface area contributed by atoms with Crippen molar-refractivity contribution in [1.82, 2.24) is 0 Å². The minimum Gasteiger partial charge on any atom is -0.325 e. The number of rotatable bonds is 5. The zero-order valence-corrected chi connectivity index (χ0v) is 17.5. The Morgan fingerprint density at radius 3 is 2.32 bits per heavy atom. The largest absolute Gasteiger partial charge is 0.325 e. The lowest BCUT2D eigenvalue weighted by Crippen LogP contribution is -2.28. The Morgan fingerprint density at radius 2 is 1.71 bits per heavy atom. The molecular weight excluding hydrogens is 348 g/mol. The van der Waals surface area contributed by atoms with Crippen LogP contribution < -0.4 is 10.2 Å². The van der Waals surface area contributed by atoms with Crippen LogP contribution in [0.2, 0.25) is 0 Å². The van der Waals surface area contributed by atoms with E-state index in [2.05, 4.69) is 51.2 Å². The maximum absolute atomic E-state index is 12.9. The van der Waals surface area contributed by atoms with Gasteiger partial charge in [0.1, 0.15) is 0 Å². The zero-order valence-electron chi connectivity index (χ0n) is 17.5. The second-order valence-corrected chi connectivity index (χ2v) is 8.33. The van der Waals surface area contributed by atoms with Gasteiger partial charge in [-0.25, -0.2) is 0 Å². The molecule has 2 amide bonds. The summed E-state index contributed by atoms with van der Waals surface area (Å²) in [7, 11) is 0. The number of para-hydroxylation sites is 1. The molecule has 4 nitrogen and oxygen atoms in total. The highest BCUT2D eigenvalue weighted by atomic mass is 16.2. The summed E-state index contributed by atoms with van der Waals surface area (Å²) in [5, 5.41) is 3.10. The van der Waals surface area contributed by atoms with Gasteiger partial charge in [0.25, 0.3) is 0 Å². The van der Waals surface area contributed by atoms with Crippen LogP contribution in [0.3, 0.4) is 0 Å². The van der Waals surface area contributed by atoms with E-state index in [1.54, 1.807) is 4.90 Å². The number of aryl methyl sites for hydroxylation is 1. The van der Waals surface area contributed by atoms with Crippen LogP contribution in [-0.4, -0.2) is 18.4 Å². The lowest BCUT2D eigenvalue weighted by molar-refractivity contribution is -0.122. The van der Waals surface area contributed by atoms with Gasteiger partial charge in [-0.1, -0.05) is 58.0 Å². The minimum absolute atomic E-state index is 0.00585. The number of carbonyl (C=O) groups is 2. The van der Waals surface area contributed by atoms with Gasteiger partial charge in [0, 0.05) is 24.3 Å². The molecule has 0 spiro atoms. The molecule has 4 heteroatoms. The van der Waals surface area contributed by atoms with Crippen LogP contribution in [0.4, 0.5) is 11.4 Å². The maximum Gasteiger partial charge on any atom is 0.229 e. The minimum atomic E-state index is -0.336. The molecule has 0 radical (unpaired) electrons. The quantitative estimate of drug-likeness (QED) is 0.774. The lowest BCUT2D eigenvalue weighted by Gasteiger charge is -2.19. The van der Waals surface area contributed by atoms with Gasteiger partial charge in [0.15, 0.2) is 0 Å². The van der Waals surface area contributed by atoms with Crippen molar-refractivity contribution in [2.24, 2.45) is 5.92 Å². The molecule has 0 aromatic heterocycles. The first kappa shape index (κ1) is 20.1. The summed E-state index contributed by atoms with van der Waals surface area (Å²) < 4.78 is 0. The first-order chi connectivity index (χ1) is 13.3. The third kappa shape index (κ3) is 4.11. The van der Waals surface area contributed by atoms with E-state index < -0.39 is 0 Å². The SMILES string of the molecule is Cc1cccc(C(C)C)c1NC(=O)C1CC(=O)N(c2ccc(C(C)C)cc2)C1. The Morgan fingerprint density at radius 1 is 1.04 bits per heavy atom. The number of carbonyl (C=O) groups excluding carboxylic acids is 2. The fraction of sp³-hybridized carbons (Fsp3) is 0.417. The van der Waals surface area contributed by atoms with Crippen molar-refractivity contribution in [3.63, 3.8) is 0 Å². The summed E-state index contributed by atoms with van der Waals surface area (Å²) in [5.41, 5.74) is 5.16. The van der Waals surface area contributed by atoms with E-state index in [0.29, 0.717) is 18.4 Å². The van der Waals surface area contributed by atoms with Crippen molar-refractivity contribution < 1.29 is 9.59 Å². The molecule has 3 rings (SSSR count). The topological polar surface area (TPSA) is 49.4 Å². The van der Waals surface area contributed by atoms with Gasteiger partial charge < -0.3 is 10.2 Å². The predicted molar refractivity (Wildman–Crippen MR) is 115 cm³/mol. The smallest absolute Gasteiger partial charge is 0.229 e. The highest BCUT2D eigenvalue weighted by Gasteiger charge is 2.35. The fourth-order valence-electron chi connectivity index (χ4n) is 3.74. The Kier molecular flexibility index (Phi) is 5.87. The Balaban J connectivity index is 1.74. The summed E-state index contributed by atoms with van der Waals surface area (Å²) in [6.07, 6.45) is 0.251. The third-order valence-electron chi connectivity index (χ3n) is 5.54. The molecule has 1 heterocycles. The molecule has 0 saturated carbocycles. The molecular formula is C24H30N2O2. The van der Waals surface area contributed by atoms with E-state index in [9.17, 15) is 9.59 Å².